The maximum absolute atomic E-state index is 3.54. The van der Waals surface area contributed by atoms with E-state index < -0.39 is 0 Å². The van der Waals surface area contributed by atoms with Gasteiger partial charge in [-0.15, -0.1) is 0 Å². The van der Waals surface area contributed by atoms with Crippen molar-refractivity contribution in [1.29, 1.82) is 0 Å². The molecule has 0 aromatic heterocycles. The summed E-state index contributed by atoms with van der Waals surface area (Å²) in [5, 5.41) is 3.54. The Morgan fingerprint density at radius 1 is 1.05 bits per heavy atom. The molecule has 0 atom stereocenters. The van der Waals surface area contributed by atoms with Crippen LogP contribution in [0.25, 0.3) is 0 Å². The van der Waals surface area contributed by atoms with Gasteiger partial charge in [0, 0.05) is 31.2 Å². The van der Waals surface area contributed by atoms with Crippen LogP contribution in [0.15, 0.2) is 30.3 Å². The molecule has 0 amide bonds. The third-order valence-electron chi connectivity index (χ3n) is 5.27. The molecule has 2 aliphatic rings. The van der Waals surface area contributed by atoms with Crippen LogP contribution in [-0.2, 0) is 0 Å². The van der Waals surface area contributed by atoms with Gasteiger partial charge in [-0.05, 0) is 51.0 Å². The Balaban J connectivity index is 1.61. The van der Waals surface area contributed by atoms with Crippen LogP contribution in [0.1, 0.15) is 51.0 Å². The maximum Gasteiger partial charge on any atom is 0.0281 e. The van der Waals surface area contributed by atoms with E-state index in [1.807, 2.05) is 0 Å². The van der Waals surface area contributed by atoms with Crippen molar-refractivity contribution in [3.8, 4) is 0 Å². The zero-order valence-corrected chi connectivity index (χ0v) is 12.9. The molecular formula is C18H28N2. The minimum absolute atomic E-state index is 0.322. The lowest BCUT2D eigenvalue weighted by atomic mass is 9.80. The van der Waals surface area contributed by atoms with Gasteiger partial charge in [-0.25, -0.2) is 0 Å². The largest absolute Gasteiger partial charge is 0.314 e. The number of hydrogen-bond donors (Lipinski definition) is 1. The number of hydrogen-bond acceptors (Lipinski definition) is 2. The quantitative estimate of drug-likeness (QED) is 0.887. The zero-order valence-electron chi connectivity index (χ0n) is 12.9. The van der Waals surface area contributed by atoms with Crippen LogP contribution in [0.4, 0.5) is 0 Å². The summed E-state index contributed by atoms with van der Waals surface area (Å²) < 4.78 is 0. The van der Waals surface area contributed by atoms with Crippen molar-refractivity contribution in [3.05, 3.63) is 35.9 Å². The van der Waals surface area contributed by atoms with Gasteiger partial charge < -0.3 is 5.32 Å². The summed E-state index contributed by atoms with van der Waals surface area (Å²) in [5.74, 6) is 0.790. The molecule has 1 N–H and O–H groups in total. The first-order valence-electron chi connectivity index (χ1n) is 8.19. The van der Waals surface area contributed by atoms with Crippen molar-refractivity contribution in [3.63, 3.8) is 0 Å². The van der Waals surface area contributed by atoms with Gasteiger partial charge >= 0.3 is 0 Å². The molecule has 20 heavy (non-hydrogen) atoms. The van der Waals surface area contributed by atoms with Gasteiger partial charge in [0.25, 0.3) is 0 Å². The maximum atomic E-state index is 3.54. The first-order chi connectivity index (χ1) is 9.67. The lowest BCUT2D eigenvalue weighted by Gasteiger charge is -2.49. The Hall–Kier alpha value is -0.860. The lowest BCUT2D eigenvalue weighted by Crippen LogP contribution is -2.61. The van der Waals surface area contributed by atoms with Crippen LogP contribution in [0.3, 0.4) is 0 Å². The predicted octanol–water partition coefficient (Wildman–Crippen LogP) is 3.40. The van der Waals surface area contributed by atoms with Crippen molar-refractivity contribution in [1.82, 2.24) is 10.2 Å². The fourth-order valence-electron chi connectivity index (χ4n) is 4.12. The number of rotatable bonds is 2. The van der Waals surface area contributed by atoms with Crippen LogP contribution in [0.5, 0.6) is 0 Å². The van der Waals surface area contributed by atoms with Crippen molar-refractivity contribution in [2.75, 3.05) is 19.6 Å². The normalized spacial score (nSPS) is 31.1. The fraction of sp³-hybridized carbons (Fsp3) is 0.667. The Bertz CT molecular complexity index is 418. The van der Waals surface area contributed by atoms with Gasteiger partial charge in [-0.1, -0.05) is 30.3 Å². The summed E-state index contributed by atoms with van der Waals surface area (Å²) >= 11 is 0. The molecule has 1 saturated heterocycles. The Morgan fingerprint density at radius 2 is 1.75 bits per heavy atom. The van der Waals surface area contributed by atoms with Crippen LogP contribution < -0.4 is 5.32 Å². The van der Waals surface area contributed by atoms with E-state index in [0.29, 0.717) is 5.54 Å². The molecule has 1 saturated carbocycles. The lowest BCUT2D eigenvalue weighted by molar-refractivity contribution is 0.0261. The molecule has 3 rings (SSSR count). The van der Waals surface area contributed by atoms with Gasteiger partial charge in [0.15, 0.2) is 0 Å². The standard InChI is InChI=1S/C18H28N2/c1-18(2)14-19-12-13-20(18)17-10-8-16(9-11-17)15-6-4-3-5-7-15/h3-7,16-17,19H,8-14H2,1-2H3. The third-order valence-corrected chi connectivity index (χ3v) is 5.27. The van der Waals surface area contributed by atoms with Crippen LogP contribution in [0, 0.1) is 0 Å². The van der Waals surface area contributed by atoms with Gasteiger partial charge in [0.05, 0.1) is 0 Å². The number of piperazine rings is 1. The smallest absolute Gasteiger partial charge is 0.0281 e. The van der Waals surface area contributed by atoms with Crippen LogP contribution in [0.2, 0.25) is 0 Å². The summed E-state index contributed by atoms with van der Waals surface area (Å²) in [4.78, 5) is 2.77. The SMILES string of the molecule is CC1(C)CNCCN1C1CCC(c2ccccc2)CC1. The molecule has 2 fully saturated rings. The highest BCUT2D eigenvalue weighted by Crippen LogP contribution is 2.36. The second kappa shape index (κ2) is 5.87. The molecule has 0 spiro atoms. The molecule has 2 nitrogen and oxygen atoms in total. The van der Waals surface area contributed by atoms with E-state index in [9.17, 15) is 0 Å². The van der Waals surface area contributed by atoms with Crippen molar-refractivity contribution in [2.24, 2.45) is 0 Å². The van der Waals surface area contributed by atoms with Gasteiger partial charge in [0.1, 0.15) is 0 Å². The minimum atomic E-state index is 0.322. The first kappa shape index (κ1) is 14.1. The first-order valence-corrected chi connectivity index (χ1v) is 8.19. The van der Waals surface area contributed by atoms with Crippen LogP contribution >= 0.6 is 0 Å². The van der Waals surface area contributed by atoms with Gasteiger partial charge in [-0.2, -0.15) is 0 Å². The van der Waals surface area contributed by atoms with E-state index >= 15 is 0 Å². The van der Waals surface area contributed by atoms with Crippen molar-refractivity contribution >= 4 is 0 Å². The topological polar surface area (TPSA) is 15.3 Å². The highest BCUT2D eigenvalue weighted by atomic mass is 15.3. The highest BCUT2D eigenvalue weighted by Gasteiger charge is 2.36. The predicted molar refractivity (Wildman–Crippen MR) is 85.1 cm³/mol. The molecular weight excluding hydrogens is 244 g/mol. The van der Waals surface area contributed by atoms with Crippen LogP contribution in [-0.4, -0.2) is 36.1 Å². The summed E-state index contributed by atoms with van der Waals surface area (Å²) in [6, 6.07) is 11.9. The Morgan fingerprint density at radius 3 is 2.40 bits per heavy atom. The summed E-state index contributed by atoms with van der Waals surface area (Å²) in [6.45, 7) is 8.28. The fourth-order valence-corrected chi connectivity index (χ4v) is 4.12. The van der Waals surface area contributed by atoms with Gasteiger partial charge in [0.2, 0.25) is 0 Å². The molecule has 110 valence electrons. The van der Waals surface area contributed by atoms with Gasteiger partial charge in [-0.3, -0.25) is 4.90 Å². The second-order valence-corrected chi connectivity index (χ2v) is 7.10. The van der Waals surface area contributed by atoms with E-state index in [2.05, 4.69) is 54.4 Å². The number of nitrogens with zero attached hydrogens (tertiary/aromatic N) is 1. The second-order valence-electron chi connectivity index (χ2n) is 7.10. The highest BCUT2D eigenvalue weighted by molar-refractivity contribution is 5.20. The van der Waals surface area contributed by atoms with Crippen molar-refractivity contribution in [2.45, 2.75) is 57.0 Å². The Kier molecular flexibility index (Phi) is 4.13. The molecule has 1 heterocycles. The van der Waals surface area contributed by atoms with Crippen molar-refractivity contribution < 1.29 is 0 Å². The van der Waals surface area contributed by atoms with E-state index in [1.54, 1.807) is 5.56 Å². The monoisotopic (exact) mass is 272 g/mol. The molecule has 0 unspecified atom stereocenters. The average molecular weight is 272 g/mol. The molecule has 1 aliphatic carbocycles. The molecule has 1 aromatic rings. The molecule has 2 heteroatoms. The average Bonchev–Trinajstić information content (AvgIpc) is 2.48. The van der Waals surface area contributed by atoms with E-state index in [-0.39, 0.29) is 0 Å². The molecule has 1 aromatic carbocycles. The molecule has 0 bridgehead atoms. The number of benzene rings is 1. The number of nitrogens with one attached hydrogen (secondary N) is 1. The summed E-state index contributed by atoms with van der Waals surface area (Å²) in [5.41, 5.74) is 1.87. The molecule has 0 radical (unpaired) electrons. The summed E-state index contributed by atoms with van der Waals surface area (Å²) in [7, 11) is 0. The van der Waals surface area contributed by atoms with E-state index in [4.69, 9.17) is 0 Å². The third kappa shape index (κ3) is 2.91. The van der Waals surface area contributed by atoms with E-state index in [1.165, 1.54) is 32.2 Å². The van der Waals surface area contributed by atoms with E-state index in [0.717, 1.165) is 25.0 Å². The minimum Gasteiger partial charge on any atom is -0.314 e. The molecule has 1 aliphatic heterocycles. The zero-order chi connectivity index (χ0) is 14.0. The Labute approximate surface area is 123 Å². The summed E-state index contributed by atoms with van der Waals surface area (Å²) in [6.07, 6.45) is 5.44.